The first-order valence-electron chi connectivity index (χ1n) is 11.5. The zero-order valence-electron chi connectivity index (χ0n) is 17.4. The molecule has 0 N–H and O–H groups in total. The molecule has 10 rings (SSSR count). The van der Waals surface area contributed by atoms with Gasteiger partial charge >= 0.3 is 0 Å². The molecule has 148 valence electrons. The Balaban J connectivity index is 1.64. The van der Waals surface area contributed by atoms with Gasteiger partial charge in [0.05, 0.1) is 0 Å². The molecule has 2 aromatic heterocycles. The number of fused-ring (bicyclic) bond motifs is 3. The van der Waals surface area contributed by atoms with Gasteiger partial charge in [0.1, 0.15) is 0 Å². The van der Waals surface area contributed by atoms with E-state index in [0.29, 0.717) is 6.71 Å². The second-order valence-electron chi connectivity index (χ2n) is 9.58. The van der Waals surface area contributed by atoms with Crippen molar-refractivity contribution in [2.75, 3.05) is 0 Å². The van der Waals surface area contributed by atoms with Gasteiger partial charge in [0.15, 0.2) is 0 Å². The summed E-state index contributed by atoms with van der Waals surface area (Å²) < 4.78 is 2.84. The molecular formula is C30H13BS2. The van der Waals surface area contributed by atoms with Crippen LogP contribution >= 0.6 is 22.7 Å². The van der Waals surface area contributed by atoms with E-state index in [1.807, 2.05) is 22.7 Å². The van der Waals surface area contributed by atoms with Crippen LogP contribution in [-0.2, 0) is 0 Å². The van der Waals surface area contributed by atoms with Crippen LogP contribution < -0.4 is 16.4 Å². The molecule has 0 atom stereocenters. The summed E-state index contributed by atoms with van der Waals surface area (Å²) in [6.07, 6.45) is 0. The highest BCUT2D eigenvalue weighted by atomic mass is 32.1. The summed E-state index contributed by atoms with van der Waals surface area (Å²) in [5.41, 5.74) is 10.4. The van der Waals surface area contributed by atoms with Crippen molar-refractivity contribution in [2.24, 2.45) is 0 Å². The summed E-state index contributed by atoms with van der Waals surface area (Å²) in [5.74, 6) is 0. The van der Waals surface area contributed by atoms with Crippen LogP contribution in [0.1, 0.15) is 0 Å². The largest absolute Gasteiger partial charge is 0.248 e. The Morgan fingerprint density at radius 1 is 0.455 bits per heavy atom. The molecule has 0 aliphatic carbocycles. The molecule has 0 bridgehead atoms. The minimum absolute atomic E-state index is 0.318. The lowest BCUT2D eigenvalue weighted by atomic mass is 9.32. The third-order valence-corrected chi connectivity index (χ3v) is 10.6. The van der Waals surface area contributed by atoms with Crippen molar-refractivity contribution in [1.82, 2.24) is 0 Å². The minimum atomic E-state index is 0.318. The fourth-order valence-electron chi connectivity index (χ4n) is 7.12. The SMILES string of the molecule is c1cc2c3c4c5c(cccc5cc3c1)-c1sc3cccc5c3c1B4c1c-2sc2cccc-5c12. The maximum atomic E-state index is 2.42. The van der Waals surface area contributed by atoms with Crippen LogP contribution in [0.25, 0.3) is 73.7 Å². The highest BCUT2D eigenvalue weighted by Crippen LogP contribution is 2.50. The molecule has 5 aromatic carbocycles. The summed E-state index contributed by atoms with van der Waals surface area (Å²) >= 11 is 3.99. The lowest BCUT2D eigenvalue weighted by molar-refractivity contribution is 1.75. The Morgan fingerprint density at radius 2 is 0.939 bits per heavy atom. The second kappa shape index (κ2) is 5.06. The van der Waals surface area contributed by atoms with Gasteiger partial charge in [0, 0.05) is 19.2 Å². The maximum Gasteiger partial charge on any atom is 0.248 e. The van der Waals surface area contributed by atoms with E-state index in [1.54, 1.807) is 16.4 Å². The Morgan fingerprint density at radius 3 is 1.48 bits per heavy atom. The van der Waals surface area contributed by atoms with Gasteiger partial charge in [-0.15, -0.1) is 22.7 Å². The summed E-state index contributed by atoms with van der Waals surface area (Å²) in [5, 5.41) is 8.69. The molecule has 3 heteroatoms. The third-order valence-electron chi connectivity index (χ3n) is 8.19. The summed E-state index contributed by atoms with van der Waals surface area (Å²) in [7, 11) is 0. The molecule has 0 saturated heterocycles. The van der Waals surface area contributed by atoms with Gasteiger partial charge in [-0.25, -0.2) is 0 Å². The van der Waals surface area contributed by atoms with Crippen LogP contribution in [0.5, 0.6) is 0 Å². The summed E-state index contributed by atoms with van der Waals surface area (Å²) in [6.45, 7) is 0.318. The molecule has 0 fully saturated rings. The Bertz CT molecular complexity index is 1940. The van der Waals surface area contributed by atoms with Gasteiger partial charge in [-0.05, 0) is 83.7 Å². The van der Waals surface area contributed by atoms with E-state index in [4.69, 9.17) is 0 Å². The summed E-state index contributed by atoms with van der Waals surface area (Å²) in [4.78, 5) is 2.97. The van der Waals surface area contributed by atoms with Crippen LogP contribution in [0.3, 0.4) is 0 Å². The average molecular weight is 448 g/mol. The number of benzene rings is 5. The fraction of sp³-hybridized carbons (Fsp3) is 0. The van der Waals surface area contributed by atoms with Crippen molar-refractivity contribution in [1.29, 1.82) is 0 Å². The maximum absolute atomic E-state index is 2.42. The first-order chi connectivity index (χ1) is 16.4. The van der Waals surface area contributed by atoms with Crippen molar-refractivity contribution in [2.45, 2.75) is 0 Å². The lowest BCUT2D eigenvalue weighted by Gasteiger charge is -2.31. The van der Waals surface area contributed by atoms with Crippen molar-refractivity contribution >= 4 is 87.5 Å². The zero-order valence-corrected chi connectivity index (χ0v) is 19.0. The van der Waals surface area contributed by atoms with Gasteiger partial charge < -0.3 is 0 Å². The summed E-state index contributed by atoms with van der Waals surface area (Å²) in [6, 6.07) is 30.2. The van der Waals surface area contributed by atoms with Crippen LogP contribution in [0.2, 0.25) is 0 Å². The normalized spacial score (nSPS) is 14.0. The van der Waals surface area contributed by atoms with Crippen molar-refractivity contribution in [3.8, 4) is 32.0 Å². The quantitative estimate of drug-likeness (QED) is 0.175. The second-order valence-corrected chi connectivity index (χ2v) is 11.7. The van der Waals surface area contributed by atoms with Crippen LogP contribution in [0, 0.1) is 0 Å². The highest BCUT2D eigenvalue weighted by molar-refractivity contribution is 7.29. The Hall–Kier alpha value is -3.40. The smallest absolute Gasteiger partial charge is 0.136 e. The zero-order chi connectivity index (χ0) is 21.0. The van der Waals surface area contributed by atoms with Crippen LogP contribution in [-0.4, -0.2) is 6.71 Å². The van der Waals surface area contributed by atoms with Crippen molar-refractivity contribution in [3.05, 3.63) is 78.9 Å². The molecular weight excluding hydrogens is 435 g/mol. The Labute approximate surface area is 197 Å². The standard InChI is InChI=1S/C30H13BS2/c1-5-14-13-15-6-2-10-19-23(15)26-22(14)18(9-1)29-27-24-16(7-3-11-20(24)32-29)17-8-4-12-21-25(17)28(31(26)27)30(19)33-21/h1-13H. The molecule has 0 saturated carbocycles. The predicted octanol–water partition coefficient (Wildman–Crippen LogP) is 6.88. The van der Waals surface area contributed by atoms with Gasteiger partial charge in [0.2, 0.25) is 6.71 Å². The number of hydrogen-bond acceptors (Lipinski definition) is 2. The number of rotatable bonds is 0. The van der Waals surface area contributed by atoms with E-state index in [1.165, 1.54) is 73.7 Å². The van der Waals surface area contributed by atoms with Gasteiger partial charge in [-0.2, -0.15) is 0 Å². The molecule has 33 heavy (non-hydrogen) atoms. The van der Waals surface area contributed by atoms with Gasteiger partial charge in [0.25, 0.3) is 0 Å². The fourth-order valence-corrected chi connectivity index (χ4v) is 9.72. The van der Waals surface area contributed by atoms with E-state index in [2.05, 4.69) is 78.9 Å². The first-order valence-corrected chi connectivity index (χ1v) is 13.1. The van der Waals surface area contributed by atoms with Gasteiger partial charge in [-0.3, -0.25) is 0 Å². The molecule has 3 aliphatic heterocycles. The molecule has 0 radical (unpaired) electrons. The Kier molecular flexibility index (Phi) is 2.49. The van der Waals surface area contributed by atoms with Gasteiger partial charge in [-0.1, -0.05) is 66.1 Å². The molecule has 7 aromatic rings. The number of hydrogen-bond donors (Lipinski definition) is 0. The molecule has 3 aliphatic rings. The van der Waals surface area contributed by atoms with Crippen molar-refractivity contribution < 1.29 is 0 Å². The molecule has 0 unspecified atom stereocenters. The van der Waals surface area contributed by atoms with E-state index in [0.717, 1.165) is 0 Å². The third kappa shape index (κ3) is 1.60. The van der Waals surface area contributed by atoms with Crippen LogP contribution in [0.15, 0.2) is 78.9 Å². The minimum Gasteiger partial charge on any atom is -0.136 e. The molecule has 0 amide bonds. The monoisotopic (exact) mass is 448 g/mol. The average Bonchev–Trinajstić information content (AvgIpc) is 3.40. The van der Waals surface area contributed by atoms with Crippen molar-refractivity contribution in [3.63, 3.8) is 0 Å². The van der Waals surface area contributed by atoms with E-state index < -0.39 is 0 Å². The van der Waals surface area contributed by atoms with E-state index in [-0.39, 0.29) is 0 Å². The number of thiophene rings is 2. The molecule has 0 spiro atoms. The predicted molar refractivity (Wildman–Crippen MR) is 147 cm³/mol. The van der Waals surface area contributed by atoms with Crippen LogP contribution in [0.4, 0.5) is 0 Å². The topological polar surface area (TPSA) is 0 Å². The molecule has 0 nitrogen and oxygen atoms in total. The van der Waals surface area contributed by atoms with E-state index >= 15 is 0 Å². The van der Waals surface area contributed by atoms with E-state index in [9.17, 15) is 0 Å². The lowest BCUT2D eigenvalue weighted by Crippen LogP contribution is -2.56. The first kappa shape index (κ1) is 16.3. The molecule has 5 heterocycles. The highest BCUT2D eigenvalue weighted by Gasteiger charge is 2.44.